The van der Waals surface area contributed by atoms with Crippen LogP contribution in [0.2, 0.25) is 0 Å². The summed E-state index contributed by atoms with van der Waals surface area (Å²) in [6, 6.07) is 4.30. The zero-order valence-corrected chi connectivity index (χ0v) is 12.9. The Morgan fingerprint density at radius 1 is 1.17 bits per heavy atom. The SMILES string of the molecule is O=c1c2nc(Oc3ccc(C(F)(F)F)cc3)sc2nc2n1CCC2. The van der Waals surface area contributed by atoms with Crippen molar-refractivity contribution in [2.75, 3.05) is 0 Å². The molecule has 0 radical (unpaired) electrons. The van der Waals surface area contributed by atoms with Crippen LogP contribution in [0.5, 0.6) is 10.9 Å². The van der Waals surface area contributed by atoms with E-state index < -0.39 is 11.7 Å². The Hall–Kier alpha value is -2.42. The molecule has 5 nitrogen and oxygen atoms in total. The lowest BCUT2D eigenvalue weighted by atomic mass is 10.2. The molecule has 1 aliphatic heterocycles. The third-order valence-corrected chi connectivity index (χ3v) is 4.58. The fourth-order valence-electron chi connectivity index (χ4n) is 2.60. The van der Waals surface area contributed by atoms with Gasteiger partial charge in [0, 0.05) is 13.0 Å². The zero-order valence-electron chi connectivity index (χ0n) is 12.1. The number of ether oxygens (including phenoxy) is 1. The van der Waals surface area contributed by atoms with Gasteiger partial charge in [-0.1, -0.05) is 11.3 Å². The molecular weight excluding hydrogens is 343 g/mol. The van der Waals surface area contributed by atoms with Gasteiger partial charge in [-0.25, -0.2) is 4.98 Å². The van der Waals surface area contributed by atoms with Crippen molar-refractivity contribution in [3.63, 3.8) is 0 Å². The highest BCUT2D eigenvalue weighted by atomic mass is 32.1. The van der Waals surface area contributed by atoms with Crippen LogP contribution in [-0.4, -0.2) is 14.5 Å². The van der Waals surface area contributed by atoms with Crippen molar-refractivity contribution in [2.45, 2.75) is 25.6 Å². The Balaban J connectivity index is 1.66. The molecule has 3 aromatic rings. The number of halogens is 3. The first-order valence-electron chi connectivity index (χ1n) is 7.17. The van der Waals surface area contributed by atoms with Gasteiger partial charge in [0.25, 0.3) is 10.8 Å². The van der Waals surface area contributed by atoms with Crippen LogP contribution in [-0.2, 0) is 19.1 Å². The monoisotopic (exact) mass is 353 g/mol. The highest BCUT2D eigenvalue weighted by Gasteiger charge is 2.30. The van der Waals surface area contributed by atoms with Gasteiger partial charge in [0.05, 0.1) is 5.56 Å². The predicted octanol–water partition coefficient (Wildman–Crippen LogP) is 3.61. The molecule has 2 aromatic heterocycles. The molecule has 1 aromatic carbocycles. The fraction of sp³-hybridized carbons (Fsp3) is 0.267. The Labute approximate surface area is 137 Å². The number of thiazole rings is 1. The summed E-state index contributed by atoms with van der Waals surface area (Å²) in [5.74, 6) is 0.951. The fourth-order valence-corrected chi connectivity index (χ4v) is 3.42. The van der Waals surface area contributed by atoms with Crippen LogP contribution in [0.4, 0.5) is 13.2 Å². The highest BCUT2D eigenvalue weighted by Crippen LogP contribution is 2.33. The number of aryl methyl sites for hydroxylation is 1. The Morgan fingerprint density at radius 3 is 2.62 bits per heavy atom. The number of alkyl halides is 3. The largest absolute Gasteiger partial charge is 0.431 e. The molecule has 0 spiro atoms. The average molecular weight is 353 g/mol. The van der Waals surface area contributed by atoms with E-state index in [2.05, 4.69) is 9.97 Å². The molecule has 124 valence electrons. The van der Waals surface area contributed by atoms with Crippen molar-refractivity contribution >= 4 is 21.7 Å². The molecular formula is C15H10F3N3O2S. The smallest absolute Gasteiger partial charge is 0.416 e. The van der Waals surface area contributed by atoms with Gasteiger partial charge >= 0.3 is 6.18 Å². The lowest BCUT2D eigenvalue weighted by Crippen LogP contribution is -2.20. The molecule has 0 amide bonds. The standard InChI is InChI=1S/C15H10F3N3O2S/c16-15(17,18)8-3-5-9(6-4-8)23-14-20-11-12(24-14)19-10-2-1-7-21(10)13(11)22/h3-6H,1-2,7H2. The van der Waals surface area contributed by atoms with Gasteiger partial charge in [-0.15, -0.1) is 0 Å². The van der Waals surface area contributed by atoms with Crippen LogP contribution in [0.3, 0.4) is 0 Å². The highest BCUT2D eigenvalue weighted by molar-refractivity contribution is 7.19. The Kier molecular flexibility index (Phi) is 3.34. The van der Waals surface area contributed by atoms with Crippen LogP contribution < -0.4 is 10.3 Å². The van der Waals surface area contributed by atoms with Crippen LogP contribution in [0.1, 0.15) is 17.8 Å². The Morgan fingerprint density at radius 2 is 1.92 bits per heavy atom. The van der Waals surface area contributed by atoms with E-state index in [-0.39, 0.29) is 22.0 Å². The molecule has 0 aliphatic carbocycles. The lowest BCUT2D eigenvalue weighted by Gasteiger charge is -2.07. The first kappa shape index (κ1) is 15.1. The number of benzene rings is 1. The summed E-state index contributed by atoms with van der Waals surface area (Å²) in [6.45, 7) is 0.629. The van der Waals surface area contributed by atoms with Crippen LogP contribution in [0.25, 0.3) is 10.3 Å². The molecule has 0 fully saturated rings. The van der Waals surface area contributed by atoms with E-state index in [4.69, 9.17) is 4.74 Å². The van der Waals surface area contributed by atoms with E-state index in [1.807, 2.05) is 0 Å². The van der Waals surface area contributed by atoms with Crippen molar-refractivity contribution in [1.82, 2.24) is 14.5 Å². The quantitative estimate of drug-likeness (QED) is 0.706. The van der Waals surface area contributed by atoms with Crippen LogP contribution >= 0.6 is 11.3 Å². The first-order chi connectivity index (χ1) is 11.4. The summed E-state index contributed by atoms with van der Waals surface area (Å²) in [5.41, 5.74) is -0.728. The van der Waals surface area contributed by atoms with E-state index in [0.29, 0.717) is 11.4 Å². The molecule has 3 heterocycles. The van der Waals surface area contributed by atoms with E-state index in [1.54, 1.807) is 4.57 Å². The van der Waals surface area contributed by atoms with E-state index in [1.165, 1.54) is 12.1 Å². The second kappa shape index (κ2) is 5.30. The third kappa shape index (κ3) is 2.54. The minimum absolute atomic E-state index is 0.179. The van der Waals surface area contributed by atoms with Crippen molar-refractivity contribution in [1.29, 1.82) is 0 Å². The van der Waals surface area contributed by atoms with Gasteiger partial charge in [0.15, 0.2) is 10.3 Å². The number of rotatable bonds is 2. The van der Waals surface area contributed by atoms with Crippen molar-refractivity contribution in [3.8, 4) is 10.9 Å². The summed E-state index contributed by atoms with van der Waals surface area (Å²) in [6.07, 6.45) is -2.76. The molecule has 0 unspecified atom stereocenters. The van der Waals surface area contributed by atoms with Gasteiger partial charge in [-0.05, 0) is 30.7 Å². The summed E-state index contributed by atoms with van der Waals surface area (Å²) < 4.78 is 44.7. The predicted molar refractivity (Wildman–Crippen MR) is 81.5 cm³/mol. The lowest BCUT2D eigenvalue weighted by molar-refractivity contribution is -0.137. The molecule has 24 heavy (non-hydrogen) atoms. The zero-order chi connectivity index (χ0) is 16.9. The molecule has 9 heteroatoms. The molecule has 0 saturated carbocycles. The number of aromatic nitrogens is 3. The number of hydrogen-bond acceptors (Lipinski definition) is 5. The van der Waals surface area contributed by atoms with Crippen LogP contribution in [0, 0.1) is 0 Å². The maximum atomic E-state index is 12.5. The molecule has 1 aliphatic rings. The summed E-state index contributed by atoms with van der Waals surface area (Å²) in [7, 11) is 0. The van der Waals surface area contributed by atoms with Crippen molar-refractivity contribution < 1.29 is 17.9 Å². The molecule has 0 saturated heterocycles. The van der Waals surface area contributed by atoms with Gasteiger partial charge in [0.1, 0.15) is 11.6 Å². The summed E-state index contributed by atoms with van der Waals surface area (Å²) >= 11 is 1.10. The van der Waals surface area contributed by atoms with Crippen molar-refractivity contribution in [2.24, 2.45) is 0 Å². The number of nitrogens with zero attached hydrogens (tertiary/aromatic N) is 3. The molecule has 0 N–H and O–H groups in total. The second-order valence-corrected chi connectivity index (χ2v) is 6.29. The van der Waals surface area contributed by atoms with Gasteiger partial charge < -0.3 is 4.74 Å². The Bertz CT molecular complexity index is 977. The normalized spacial score (nSPS) is 14.1. The molecule has 4 rings (SSSR count). The summed E-state index contributed by atoms with van der Waals surface area (Å²) in [4.78, 5) is 21.4. The van der Waals surface area contributed by atoms with Crippen LogP contribution in [0.15, 0.2) is 29.1 Å². The van der Waals surface area contributed by atoms with Gasteiger partial charge in [-0.3, -0.25) is 9.36 Å². The number of fused-ring (bicyclic) bond motifs is 2. The van der Waals surface area contributed by atoms with Gasteiger partial charge in [-0.2, -0.15) is 18.2 Å². The number of hydrogen-bond donors (Lipinski definition) is 0. The topological polar surface area (TPSA) is 57.0 Å². The minimum atomic E-state index is -4.40. The first-order valence-corrected chi connectivity index (χ1v) is 7.99. The third-order valence-electron chi connectivity index (χ3n) is 3.75. The van der Waals surface area contributed by atoms with Crippen molar-refractivity contribution in [3.05, 3.63) is 46.0 Å². The minimum Gasteiger partial charge on any atom is -0.431 e. The maximum Gasteiger partial charge on any atom is 0.416 e. The van der Waals surface area contributed by atoms with E-state index in [9.17, 15) is 18.0 Å². The second-order valence-electron chi connectivity index (χ2n) is 5.35. The van der Waals surface area contributed by atoms with E-state index in [0.717, 1.165) is 42.1 Å². The van der Waals surface area contributed by atoms with Gasteiger partial charge in [0.2, 0.25) is 0 Å². The molecule has 0 bridgehead atoms. The summed E-state index contributed by atoms with van der Waals surface area (Å²) in [5, 5.41) is 0.179. The van der Waals surface area contributed by atoms with E-state index >= 15 is 0 Å². The average Bonchev–Trinajstić information content (AvgIpc) is 3.14. The molecule has 0 atom stereocenters. The maximum absolute atomic E-state index is 12.5.